The Morgan fingerprint density at radius 1 is 1.45 bits per heavy atom. The van der Waals surface area contributed by atoms with Crippen molar-refractivity contribution in [1.82, 2.24) is 0 Å². The van der Waals surface area contributed by atoms with Crippen LogP contribution in [0.1, 0.15) is 6.92 Å². The normalized spacial score (nSPS) is 25.8. The Labute approximate surface area is 66.2 Å². The molecule has 0 fully saturated rings. The lowest BCUT2D eigenvalue weighted by Crippen LogP contribution is -2.17. The minimum absolute atomic E-state index is 0.0556. The molecule has 11 heavy (non-hydrogen) atoms. The van der Waals surface area contributed by atoms with Gasteiger partial charge in [-0.3, -0.25) is 4.55 Å². The van der Waals surface area contributed by atoms with Gasteiger partial charge >= 0.3 is 0 Å². The molecule has 1 rings (SSSR count). The summed E-state index contributed by atoms with van der Waals surface area (Å²) in [7, 11) is -4.00. The molecular weight excluding hydrogens is 164 g/mol. The van der Waals surface area contributed by atoms with Gasteiger partial charge in [0.1, 0.15) is 5.25 Å². The predicted octanol–water partition coefficient (Wildman–Crippen LogP) is 1.17. The van der Waals surface area contributed by atoms with Gasteiger partial charge in [0, 0.05) is 5.92 Å². The van der Waals surface area contributed by atoms with Crippen LogP contribution in [0.4, 0.5) is 0 Å². The number of hydrogen-bond donors (Lipinski definition) is 1. The second kappa shape index (κ2) is 2.79. The molecule has 0 aromatic heterocycles. The zero-order valence-electron chi connectivity index (χ0n) is 6.06. The van der Waals surface area contributed by atoms with Gasteiger partial charge in [0.2, 0.25) is 0 Å². The van der Waals surface area contributed by atoms with Crippen molar-refractivity contribution in [2.75, 3.05) is 0 Å². The van der Waals surface area contributed by atoms with Crippen molar-refractivity contribution in [3.8, 4) is 0 Å². The van der Waals surface area contributed by atoms with Crippen LogP contribution in [0, 0.1) is 11.2 Å². The van der Waals surface area contributed by atoms with E-state index in [1.54, 1.807) is 25.2 Å². The van der Waals surface area contributed by atoms with Gasteiger partial charge in [-0.25, -0.2) is 0 Å². The second-order valence-corrected chi connectivity index (χ2v) is 3.83. The molecule has 0 saturated heterocycles. The maximum atomic E-state index is 10.6. The lowest BCUT2D eigenvalue weighted by Gasteiger charge is -2.15. The van der Waals surface area contributed by atoms with Crippen LogP contribution in [0.2, 0.25) is 0 Å². The Hall–Kier alpha value is -0.610. The molecule has 0 amide bonds. The summed E-state index contributed by atoms with van der Waals surface area (Å²) < 4.78 is 29.9. The molecule has 1 N–H and O–H groups in total. The van der Waals surface area contributed by atoms with Crippen LogP contribution in [0.5, 0.6) is 0 Å². The third-order valence-electron chi connectivity index (χ3n) is 1.52. The van der Waals surface area contributed by atoms with Gasteiger partial charge < -0.3 is 0 Å². The minimum Gasteiger partial charge on any atom is -0.285 e. The van der Waals surface area contributed by atoms with Gasteiger partial charge in [-0.1, -0.05) is 31.2 Å². The van der Waals surface area contributed by atoms with Crippen LogP contribution in [0.15, 0.2) is 24.3 Å². The fourth-order valence-electron chi connectivity index (χ4n) is 0.949. The second-order valence-electron chi connectivity index (χ2n) is 2.41. The SMILES string of the molecule is CC1C=CC=C[C]1S(=O)(=O)O. The molecule has 1 aliphatic carbocycles. The maximum Gasteiger partial charge on any atom is 0.276 e. The van der Waals surface area contributed by atoms with Gasteiger partial charge in [-0.2, -0.15) is 8.42 Å². The first kappa shape index (κ1) is 8.49. The van der Waals surface area contributed by atoms with E-state index >= 15 is 0 Å². The summed E-state index contributed by atoms with van der Waals surface area (Å²) >= 11 is 0. The highest BCUT2D eigenvalue weighted by atomic mass is 32.2. The molecule has 1 unspecified atom stereocenters. The summed E-state index contributed by atoms with van der Waals surface area (Å²) in [4.78, 5) is 0. The van der Waals surface area contributed by atoms with Gasteiger partial charge in [0.05, 0.1) is 0 Å². The van der Waals surface area contributed by atoms with E-state index in [4.69, 9.17) is 4.55 Å². The molecule has 61 valence electrons. The van der Waals surface area contributed by atoms with Crippen LogP contribution >= 0.6 is 0 Å². The lowest BCUT2D eigenvalue weighted by molar-refractivity contribution is 0.480. The average Bonchev–Trinajstić information content (AvgIpc) is 1.86. The summed E-state index contributed by atoms with van der Waals surface area (Å²) in [6.45, 7) is 1.71. The van der Waals surface area contributed by atoms with E-state index < -0.39 is 10.1 Å². The molecular formula is C7H9O3S. The smallest absolute Gasteiger partial charge is 0.276 e. The molecule has 1 aliphatic rings. The fourth-order valence-corrected chi connectivity index (χ4v) is 1.75. The first-order valence-corrected chi connectivity index (χ1v) is 4.65. The largest absolute Gasteiger partial charge is 0.285 e. The highest BCUT2D eigenvalue weighted by Crippen LogP contribution is 2.25. The first-order chi connectivity index (χ1) is 5.02. The minimum atomic E-state index is -4.00. The van der Waals surface area contributed by atoms with Crippen molar-refractivity contribution < 1.29 is 13.0 Å². The molecule has 3 nitrogen and oxygen atoms in total. The summed E-state index contributed by atoms with van der Waals surface area (Å²) in [6, 6.07) is 0. The van der Waals surface area contributed by atoms with Crippen molar-refractivity contribution in [3.63, 3.8) is 0 Å². The van der Waals surface area contributed by atoms with Crippen LogP contribution in [-0.4, -0.2) is 13.0 Å². The van der Waals surface area contributed by atoms with E-state index in [2.05, 4.69) is 0 Å². The Kier molecular flexibility index (Phi) is 2.15. The third kappa shape index (κ3) is 1.91. The average molecular weight is 173 g/mol. The molecule has 0 aromatic rings. The summed E-state index contributed by atoms with van der Waals surface area (Å²) in [5.74, 6) is -0.227. The van der Waals surface area contributed by atoms with Crippen LogP contribution < -0.4 is 0 Å². The van der Waals surface area contributed by atoms with Crippen molar-refractivity contribution in [3.05, 3.63) is 29.6 Å². The fraction of sp³-hybridized carbons (Fsp3) is 0.286. The van der Waals surface area contributed by atoms with Crippen LogP contribution in [0.3, 0.4) is 0 Å². The standard InChI is InChI=1S/C7H9O3S/c1-6-4-2-3-5-7(6)11(8,9)10/h2-6H,1H3,(H,8,9,10). The van der Waals surface area contributed by atoms with Gasteiger partial charge in [-0.15, -0.1) is 0 Å². The Bertz CT molecular complexity index is 287. The molecule has 4 heteroatoms. The molecule has 0 saturated carbocycles. The molecule has 0 spiro atoms. The van der Waals surface area contributed by atoms with Crippen molar-refractivity contribution >= 4 is 10.1 Å². The lowest BCUT2D eigenvalue weighted by atomic mass is 10.0. The summed E-state index contributed by atoms with van der Waals surface area (Å²) in [5.41, 5.74) is 0. The van der Waals surface area contributed by atoms with Crippen LogP contribution in [-0.2, 0) is 10.1 Å². The Morgan fingerprint density at radius 3 is 2.45 bits per heavy atom. The van der Waals surface area contributed by atoms with Gasteiger partial charge in [-0.05, 0) is 0 Å². The monoisotopic (exact) mass is 173 g/mol. The van der Waals surface area contributed by atoms with Crippen molar-refractivity contribution in [2.45, 2.75) is 6.92 Å². The van der Waals surface area contributed by atoms with Crippen molar-refractivity contribution in [2.24, 2.45) is 5.92 Å². The van der Waals surface area contributed by atoms with E-state index in [1.807, 2.05) is 0 Å². The molecule has 0 aliphatic heterocycles. The quantitative estimate of drug-likeness (QED) is 0.605. The zero-order chi connectivity index (χ0) is 8.48. The van der Waals surface area contributed by atoms with E-state index in [0.717, 1.165) is 0 Å². The van der Waals surface area contributed by atoms with E-state index in [-0.39, 0.29) is 11.2 Å². The zero-order valence-corrected chi connectivity index (χ0v) is 6.88. The summed E-state index contributed by atoms with van der Waals surface area (Å²) in [5, 5.41) is 0.0556. The molecule has 1 atom stereocenters. The van der Waals surface area contributed by atoms with Gasteiger partial charge in [0.15, 0.2) is 0 Å². The third-order valence-corrected chi connectivity index (χ3v) is 2.62. The number of allylic oxidation sites excluding steroid dienone is 3. The summed E-state index contributed by atoms with van der Waals surface area (Å²) in [6.07, 6.45) is 6.45. The molecule has 1 radical (unpaired) electrons. The first-order valence-electron chi connectivity index (χ1n) is 3.21. The number of rotatable bonds is 1. The van der Waals surface area contributed by atoms with E-state index in [9.17, 15) is 8.42 Å². The molecule has 0 heterocycles. The van der Waals surface area contributed by atoms with Crippen LogP contribution in [0.25, 0.3) is 0 Å². The molecule has 0 aromatic carbocycles. The highest BCUT2D eigenvalue weighted by molar-refractivity contribution is 7.89. The van der Waals surface area contributed by atoms with E-state index in [0.29, 0.717) is 0 Å². The van der Waals surface area contributed by atoms with E-state index in [1.165, 1.54) is 6.08 Å². The molecule has 0 bridgehead atoms. The topological polar surface area (TPSA) is 54.4 Å². The van der Waals surface area contributed by atoms with Crippen molar-refractivity contribution in [1.29, 1.82) is 0 Å². The predicted molar refractivity (Wildman–Crippen MR) is 42.2 cm³/mol. The Morgan fingerprint density at radius 2 is 2.09 bits per heavy atom. The Balaban J connectivity index is 2.91. The highest BCUT2D eigenvalue weighted by Gasteiger charge is 2.27. The number of hydrogen-bond acceptors (Lipinski definition) is 2. The van der Waals surface area contributed by atoms with Gasteiger partial charge in [0.25, 0.3) is 10.1 Å². The maximum absolute atomic E-state index is 10.6.